The first-order chi connectivity index (χ1) is 19.7. The molecule has 4 N–H and O–H groups in total. The molecule has 0 bridgehead atoms. The molecule has 41 heavy (non-hydrogen) atoms. The van der Waals surface area contributed by atoms with Gasteiger partial charge in [-0.2, -0.15) is 0 Å². The number of alkyl carbamates (subject to hydrolysis) is 1. The van der Waals surface area contributed by atoms with Gasteiger partial charge < -0.3 is 25.7 Å². The van der Waals surface area contributed by atoms with Crippen LogP contribution in [0.4, 0.5) is 10.5 Å². The van der Waals surface area contributed by atoms with Crippen LogP contribution in [0.2, 0.25) is 0 Å². The number of nitrogens with one attached hydrogen (secondary N) is 2. The number of carbonyl (C=O) groups excluding carboxylic acids is 2. The number of nitrogen functional groups attached to an aromatic ring is 1. The Morgan fingerprint density at radius 2 is 1.68 bits per heavy atom. The molecule has 3 unspecified atom stereocenters. The maximum Gasteiger partial charge on any atom is 0.407 e. The number of nitrogens with zero attached hydrogens (tertiary/aromatic N) is 2. The maximum atomic E-state index is 13.5. The molecule has 1 aliphatic rings. The lowest BCUT2D eigenvalue weighted by Gasteiger charge is -2.33. The highest BCUT2D eigenvalue weighted by Gasteiger charge is 2.38. The van der Waals surface area contributed by atoms with Crippen molar-refractivity contribution >= 4 is 28.5 Å². The Balaban J connectivity index is 1.34. The van der Waals surface area contributed by atoms with Crippen LogP contribution in [0.3, 0.4) is 0 Å². The number of anilines is 1. The normalized spacial score (nSPS) is 16.6. The third-order valence-electron chi connectivity index (χ3n) is 8.34. The molecule has 1 aliphatic heterocycles. The zero-order valence-electron chi connectivity index (χ0n) is 24.4. The lowest BCUT2D eigenvalue weighted by Crippen LogP contribution is -2.53. The predicted molar refractivity (Wildman–Crippen MR) is 163 cm³/mol. The molecule has 2 amide bonds. The van der Waals surface area contributed by atoms with E-state index in [9.17, 15) is 9.59 Å². The van der Waals surface area contributed by atoms with Gasteiger partial charge in [0.25, 0.3) is 0 Å². The summed E-state index contributed by atoms with van der Waals surface area (Å²) in [6.45, 7) is 8.63. The molecule has 1 aromatic heterocycles. The van der Waals surface area contributed by atoms with Crippen molar-refractivity contribution in [1.29, 1.82) is 0 Å². The van der Waals surface area contributed by atoms with Gasteiger partial charge in [0.2, 0.25) is 5.91 Å². The summed E-state index contributed by atoms with van der Waals surface area (Å²) >= 11 is 0. The van der Waals surface area contributed by atoms with Crippen molar-refractivity contribution in [2.45, 2.75) is 58.5 Å². The number of likely N-dealkylation sites (tertiary alicyclic amines) is 1. The molecule has 1 saturated heterocycles. The largest absolute Gasteiger partial charge is 0.453 e. The molecule has 0 radical (unpaired) electrons. The summed E-state index contributed by atoms with van der Waals surface area (Å²) < 4.78 is 4.75. The van der Waals surface area contributed by atoms with Gasteiger partial charge in [0, 0.05) is 29.8 Å². The highest BCUT2D eigenvalue weighted by atomic mass is 16.5. The summed E-state index contributed by atoms with van der Waals surface area (Å²) in [6, 6.07) is 18.4. The van der Waals surface area contributed by atoms with Crippen molar-refractivity contribution in [3.05, 3.63) is 72.2 Å². The van der Waals surface area contributed by atoms with Crippen molar-refractivity contribution in [2.24, 2.45) is 5.92 Å². The molecule has 2 heterocycles. The molecule has 0 saturated carbocycles. The Labute approximate surface area is 241 Å². The van der Waals surface area contributed by atoms with Crippen LogP contribution in [0.5, 0.6) is 0 Å². The molecule has 3 atom stereocenters. The van der Waals surface area contributed by atoms with Gasteiger partial charge in [-0.1, -0.05) is 57.2 Å². The minimum atomic E-state index is -0.635. The number of H-pyrrole nitrogens is 1. The fraction of sp³-hybridized carbons (Fsp3) is 0.364. The van der Waals surface area contributed by atoms with E-state index in [0.717, 1.165) is 63.1 Å². The molecule has 3 aromatic carbocycles. The number of methoxy groups -OCH3 is 1. The second-order valence-electron chi connectivity index (χ2n) is 11.4. The molecular weight excluding hydrogens is 514 g/mol. The summed E-state index contributed by atoms with van der Waals surface area (Å²) in [5.74, 6) is 0.714. The summed E-state index contributed by atoms with van der Waals surface area (Å²) in [5.41, 5.74) is 12.2. The smallest absolute Gasteiger partial charge is 0.407 e. The third-order valence-corrected chi connectivity index (χ3v) is 8.34. The third kappa shape index (κ3) is 5.78. The molecule has 4 aromatic rings. The van der Waals surface area contributed by atoms with Gasteiger partial charge >= 0.3 is 6.09 Å². The van der Waals surface area contributed by atoms with E-state index in [1.54, 1.807) is 0 Å². The topological polar surface area (TPSA) is 113 Å². The Kier molecular flexibility index (Phi) is 8.01. The van der Waals surface area contributed by atoms with Gasteiger partial charge in [-0.15, -0.1) is 0 Å². The van der Waals surface area contributed by atoms with E-state index in [0.29, 0.717) is 6.54 Å². The van der Waals surface area contributed by atoms with Crippen molar-refractivity contribution in [3.8, 4) is 22.4 Å². The number of imidazole rings is 1. The van der Waals surface area contributed by atoms with Crippen LogP contribution >= 0.6 is 0 Å². The Morgan fingerprint density at radius 1 is 1.02 bits per heavy atom. The lowest BCUT2D eigenvalue weighted by molar-refractivity contribution is -0.135. The fourth-order valence-electron chi connectivity index (χ4n) is 5.77. The Morgan fingerprint density at radius 3 is 2.37 bits per heavy atom. The van der Waals surface area contributed by atoms with Crippen LogP contribution in [0.1, 0.15) is 50.9 Å². The van der Waals surface area contributed by atoms with Gasteiger partial charge in [-0.25, -0.2) is 9.78 Å². The zero-order valence-corrected chi connectivity index (χ0v) is 24.4. The number of nitrogens with two attached hydrogens (primary N) is 1. The first-order valence-electron chi connectivity index (χ1n) is 14.3. The molecule has 214 valence electrons. The average Bonchev–Trinajstić information content (AvgIpc) is 3.66. The molecular formula is C33H39N5O3. The Hall–Kier alpha value is -4.33. The molecule has 0 aliphatic carbocycles. The van der Waals surface area contributed by atoms with Crippen molar-refractivity contribution in [2.75, 3.05) is 19.4 Å². The van der Waals surface area contributed by atoms with E-state index in [1.165, 1.54) is 7.11 Å². The predicted octanol–water partition coefficient (Wildman–Crippen LogP) is 6.26. The fourth-order valence-corrected chi connectivity index (χ4v) is 5.77. The average molecular weight is 554 g/mol. The van der Waals surface area contributed by atoms with Crippen LogP contribution in [-0.2, 0) is 9.53 Å². The summed E-state index contributed by atoms with van der Waals surface area (Å²) in [7, 11) is 1.31. The second kappa shape index (κ2) is 11.6. The number of aromatic amines is 1. The van der Waals surface area contributed by atoms with E-state index < -0.39 is 12.1 Å². The number of aromatic nitrogens is 2. The highest BCUT2D eigenvalue weighted by Crippen LogP contribution is 2.33. The first kappa shape index (κ1) is 28.2. The minimum Gasteiger partial charge on any atom is -0.453 e. The number of carbonyl (C=O) groups is 2. The molecule has 8 nitrogen and oxygen atoms in total. The van der Waals surface area contributed by atoms with Gasteiger partial charge in [0.05, 0.1) is 19.0 Å². The van der Waals surface area contributed by atoms with E-state index in [2.05, 4.69) is 65.8 Å². The van der Waals surface area contributed by atoms with Gasteiger partial charge in [0.1, 0.15) is 11.9 Å². The van der Waals surface area contributed by atoms with E-state index >= 15 is 0 Å². The molecule has 5 rings (SSSR count). The zero-order chi connectivity index (χ0) is 29.3. The van der Waals surface area contributed by atoms with Gasteiger partial charge in [-0.3, -0.25) is 4.79 Å². The number of benzene rings is 3. The summed E-state index contributed by atoms with van der Waals surface area (Å²) in [4.78, 5) is 35.5. The number of amides is 2. The second-order valence-corrected chi connectivity index (χ2v) is 11.4. The Bertz CT molecular complexity index is 1580. The number of fused-ring (bicyclic) bond motifs is 1. The van der Waals surface area contributed by atoms with Crippen molar-refractivity contribution < 1.29 is 14.3 Å². The minimum absolute atomic E-state index is 0.00565. The number of ether oxygens (including phenoxy) is 1. The number of rotatable bonds is 7. The monoisotopic (exact) mass is 553 g/mol. The molecule has 8 heteroatoms. The van der Waals surface area contributed by atoms with Crippen molar-refractivity contribution in [3.63, 3.8) is 0 Å². The molecule has 1 fully saturated rings. The number of hydrogen-bond acceptors (Lipinski definition) is 5. The maximum absolute atomic E-state index is 13.5. The lowest BCUT2D eigenvalue weighted by atomic mass is 9.96. The SMILES string of the molecule is COC(=O)NC(C(=O)N1CCCC1C(C)c1ncc(-c2ccc3cc(-c4ccc(C)c(N)c4)ccc3c2)[nH]1)C(C)C. The van der Waals surface area contributed by atoms with E-state index in [4.69, 9.17) is 15.5 Å². The van der Waals surface area contributed by atoms with Gasteiger partial charge in [0.15, 0.2) is 0 Å². The van der Waals surface area contributed by atoms with Crippen molar-refractivity contribution in [1.82, 2.24) is 20.2 Å². The van der Waals surface area contributed by atoms with E-state index in [-0.39, 0.29) is 23.8 Å². The standard InChI is InChI=1S/C33H39N5O3/c1-19(2)30(37-33(40)41-5)32(39)38-14-6-7-29(38)21(4)31-35-18-28(36-31)26-13-12-22-15-23(10-11-24(22)16-26)25-9-8-20(3)27(34)17-25/h8-13,15-19,21,29-30H,6-7,14,34H2,1-5H3,(H,35,36)(H,37,40). The summed E-state index contributed by atoms with van der Waals surface area (Å²) in [6.07, 6.45) is 3.08. The first-order valence-corrected chi connectivity index (χ1v) is 14.3. The van der Waals surface area contributed by atoms with Gasteiger partial charge in [-0.05, 0) is 71.3 Å². The van der Waals surface area contributed by atoms with Crippen LogP contribution < -0.4 is 11.1 Å². The molecule has 0 spiro atoms. The van der Waals surface area contributed by atoms with Crippen LogP contribution in [0.15, 0.2) is 60.8 Å². The van der Waals surface area contributed by atoms with Crippen LogP contribution in [0, 0.1) is 12.8 Å². The quantitative estimate of drug-likeness (QED) is 0.234. The summed E-state index contributed by atoms with van der Waals surface area (Å²) in [5, 5.41) is 5.01. The highest BCUT2D eigenvalue weighted by molar-refractivity contribution is 5.91. The number of hydrogen-bond donors (Lipinski definition) is 3. The number of aryl methyl sites for hydroxylation is 1. The van der Waals surface area contributed by atoms with E-state index in [1.807, 2.05) is 37.9 Å². The van der Waals surface area contributed by atoms with Crippen LogP contribution in [-0.4, -0.2) is 52.6 Å². The van der Waals surface area contributed by atoms with Crippen LogP contribution in [0.25, 0.3) is 33.2 Å².